The lowest BCUT2D eigenvalue weighted by molar-refractivity contribution is 0.158. The molecule has 1 aromatic heterocycles. The van der Waals surface area contributed by atoms with Crippen LogP contribution in [-0.2, 0) is 13.0 Å². The molecule has 6 heteroatoms. The average molecular weight is 382 g/mol. The van der Waals surface area contributed by atoms with Crippen LogP contribution in [0.2, 0.25) is 0 Å². The summed E-state index contributed by atoms with van der Waals surface area (Å²) >= 11 is 0. The zero-order valence-electron chi connectivity index (χ0n) is 16.6. The van der Waals surface area contributed by atoms with Gasteiger partial charge in [-0.05, 0) is 37.2 Å². The fourth-order valence-corrected chi connectivity index (χ4v) is 4.54. The predicted molar refractivity (Wildman–Crippen MR) is 109 cm³/mol. The molecule has 0 spiro atoms. The molecule has 1 saturated heterocycles. The van der Waals surface area contributed by atoms with E-state index in [9.17, 15) is 4.79 Å². The molecule has 1 aliphatic heterocycles. The molecular weight excluding hydrogens is 350 g/mol. The molecule has 6 nitrogen and oxygen atoms in total. The number of nitrogens with one attached hydrogen (secondary N) is 1. The first-order valence-corrected chi connectivity index (χ1v) is 10.7. The molecule has 1 atom stereocenters. The van der Waals surface area contributed by atoms with E-state index in [1.807, 2.05) is 17.3 Å². The maximum atomic E-state index is 12.7. The fraction of sp³-hybridized carbons (Fsp3) is 0.591. The van der Waals surface area contributed by atoms with E-state index >= 15 is 0 Å². The first kappa shape index (κ1) is 19.0. The number of likely N-dealkylation sites (tertiary alicyclic amines) is 1. The Kier molecular flexibility index (Phi) is 6.24. The van der Waals surface area contributed by atoms with Crippen LogP contribution in [0.15, 0.2) is 36.7 Å². The molecule has 28 heavy (non-hydrogen) atoms. The van der Waals surface area contributed by atoms with Crippen molar-refractivity contribution < 1.29 is 4.79 Å². The summed E-state index contributed by atoms with van der Waals surface area (Å²) in [5, 5.41) is 11.8. The Morgan fingerprint density at radius 1 is 1.07 bits per heavy atom. The lowest BCUT2D eigenvalue weighted by Gasteiger charge is -2.34. The first-order valence-electron chi connectivity index (χ1n) is 10.7. The van der Waals surface area contributed by atoms with Gasteiger partial charge in [0.2, 0.25) is 0 Å². The monoisotopic (exact) mass is 381 g/mol. The second-order valence-corrected chi connectivity index (χ2v) is 8.30. The third kappa shape index (κ3) is 4.91. The van der Waals surface area contributed by atoms with Gasteiger partial charge in [-0.3, -0.25) is 0 Å². The van der Waals surface area contributed by atoms with Crippen LogP contribution in [0.4, 0.5) is 4.79 Å². The summed E-state index contributed by atoms with van der Waals surface area (Å²) in [5.41, 5.74) is 1.25. The number of piperidine rings is 1. The van der Waals surface area contributed by atoms with Gasteiger partial charge in [0.05, 0.1) is 6.54 Å². The molecule has 1 aliphatic carbocycles. The third-order valence-electron chi connectivity index (χ3n) is 6.10. The van der Waals surface area contributed by atoms with Crippen molar-refractivity contribution in [3.05, 3.63) is 48.0 Å². The number of hydrogen-bond acceptors (Lipinski definition) is 3. The number of benzene rings is 1. The Hall–Kier alpha value is -2.37. The van der Waals surface area contributed by atoms with Gasteiger partial charge in [-0.25, -0.2) is 4.79 Å². The highest BCUT2D eigenvalue weighted by atomic mass is 16.2. The third-order valence-corrected chi connectivity index (χ3v) is 6.10. The van der Waals surface area contributed by atoms with E-state index in [0.717, 1.165) is 57.6 Å². The van der Waals surface area contributed by atoms with Crippen molar-refractivity contribution in [3.8, 4) is 0 Å². The van der Waals surface area contributed by atoms with E-state index in [1.165, 1.54) is 24.8 Å². The van der Waals surface area contributed by atoms with Gasteiger partial charge in [-0.2, -0.15) is 0 Å². The number of hydrogen-bond donors (Lipinski definition) is 1. The van der Waals surface area contributed by atoms with Gasteiger partial charge in [-0.15, -0.1) is 10.2 Å². The molecule has 1 N–H and O–H groups in total. The Labute approximate surface area is 167 Å². The van der Waals surface area contributed by atoms with Crippen LogP contribution in [0.3, 0.4) is 0 Å². The number of carbonyl (C=O) groups is 1. The molecule has 2 heterocycles. The van der Waals surface area contributed by atoms with Crippen LogP contribution in [-0.4, -0.2) is 44.8 Å². The Morgan fingerprint density at radius 2 is 1.89 bits per heavy atom. The summed E-state index contributed by atoms with van der Waals surface area (Å²) < 4.78 is 2.14. The molecular formula is C22H31N5O. The Bertz CT molecular complexity index is 753. The fourth-order valence-electron chi connectivity index (χ4n) is 4.54. The van der Waals surface area contributed by atoms with Gasteiger partial charge in [0.1, 0.15) is 12.2 Å². The van der Waals surface area contributed by atoms with Crippen molar-refractivity contribution in [2.75, 3.05) is 13.1 Å². The second kappa shape index (κ2) is 9.22. The van der Waals surface area contributed by atoms with Crippen LogP contribution in [0.25, 0.3) is 0 Å². The highest BCUT2D eigenvalue weighted by molar-refractivity contribution is 5.74. The van der Waals surface area contributed by atoms with Gasteiger partial charge in [0.25, 0.3) is 0 Å². The molecule has 2 amide bonds. The van der Waals surface area contributed by atoms with E-state index in [1.54, 1.807) is 0 Å². The van der Waals surface area contributed by atoms with E-state index in [0.29, 0.717) is 12.0 Å². The molecule has 2 aliphatic rings. The largest absolute Gasteiger partial charge is 0.335 e. The zero-order valence-corrected chi connectivity index (χ0v) is 16.6. The van der Waals surface area contributed by atoms with Crippen molar-refractivity contribution in [1.82, 2.24) is 25.0 Å². The second-order valence-electron chi connectivity index (χ2n) is 8.30. The van der Waals surface area contributed by atoms with Gasteiger partial charge >= 0.3 is 6.03 Å². The van der Waals surface area contributed by atoms with E-state index in [2.05, 4.69) is 44.3 Å². The highest BCUT2D eigenvalue weighted by Gasteiger charge is 2.26. The molecule has 1 saturated carbocycles. The minimum absolute atomic E-state index is 0.127. The quantitative estimate of drug-likeness (QED) is 0.860. The average Bonchev–Trinajstić information content (AvgIpc) is 3.16. The zero-order chi connectivity index (χ0) is 19.2. The molecule has 2 fully saturated rings. The topological polar surface area (TPSA) is 63.1 Å². The smallest absolute Gasteiger partial charge is 0.317 e. The number of amides is 2. The minimum Gasteiger partial charge on any atom is -0.335 e. The maximum Gasteiger partial charge on any atom is 0.317 e. The van der Waals surface area contributed by atoms with Gasteiger partial charge in [0.15, 0.2) is 0 Å². The number of urea groups is 1. The van der Waals surface area contributed by atoms with Crippen molar-refractivity contribution >= 4 is 6.03 Å². The molecule has 0 radical (unpaired) electrons. The number of carbonyl (C=O) groups excluding carboxylic acids is 1. The van der Waals surface area contributed by atoms with Gasteiger partial charge in [0, 0.05) is 25.6 Å². The van der Waals surface area contributed by atoms with Crippen molar-refractivity contribution in [2.45, 2.75) is 64.0 Å². The summed E-state index contributed by atoms with van der Waals surface area (Å²) in [6.07, 6.45) is 11.0. The maximum absolute atomic E-state index is 12.7. The summed E-state index contributed by atoms with van der Waals surface area (Å²) in [6, 6.07) is 10.9. The van der Waals surface area contributed by atoms with E-state index < -0.39 is 0 Å². The predicted octanol–water partition coefficient (Wildman–Crippen LogP) is 3.62. The van der Waals surface area contributed by atoms with Crippen LogP contribution in [0.1, 0.15) is 56.3 Å². The highest BCUT2D eigenvalue weighted by Crippen LogP contribution is 2.22. The van der Waals surface area contributed by atoms with E-state index in [4.69, 9.17) is 0 Å². The van der Waals surface area contributed by atoms with Crippen LogP contribution in [0.5, 0.6) is 0 Å². The lowest BCUT2D eigenvalue weighted by Crippen LogP contribution is -2.49. The van der Waals surface area contributed by atoms with Gasteiger partial charge in [-0.1, -0.05) is 49.6 Å². The lowest BCUT2D eigenvalue weighted by atomic mass is 9.94. The van der Waals surface area contributed by atoms with Crippen LogP contribution >= 0.6 is 0 Å². The standard InChI is InChI=1S/C22H31N5O/c28-22(24-20-11-5-2-6-12-20)26-13-7-10-19(16-26)14-21-25-23-17-27(21)15-18-8-3-1-4-9-18/h1,3-4,8-9,17,19-20H,2,5-7,10-16H2,(H,24,28). The molecule has 0 bridgehead atoms. The summed E-state index contributed by atoms with van der Waals surface area (Å²) in [5.74, 6) is 1.47. The SMILES string of the molecule is O=C(NC1CCCCC1)N1CCCC(Cc2nncn2Cc2ccccc2)C1. The Balaban J connectivity index is 1.33. The van der Waals surface area contributed by atoms with Crippen molar-refractivity contribution in [3.63, 3.8) is 0 Å². The molecule has 4 rings (SSSR count). The summed E-state index contributed by atoms with van der Waals surface area (Å²) in [6.45, 7) is 2.48. The number of aromatic nitrogens is 3. The molecule has 150 valence electrons. The van der Waals surface area contributed by atoms with Crippen molar-refractivity contribution in [1.29, 1.82) is 0 Å². The van der Waals surface area contributed by atoms with Gasteiger partial charge < -0.3 is 14.8 Å². The number of rotatable bonds is 5. The molecule has 1 unspecified atom stereocenters. The first-order chi connectivity index (χ1) is 13.8. The summed E-state index contributed by atoms with van der Waals surface area (Å²) in [7, 11) is 0. The minimum atomic E-state index is 0.127. The number of nitrogens with zero attached hydrogens (tertiary/aromatic N) is 4. The normalized spacial score (nSPS) is 20.9. The molecule has 1 aromatic carbocycles. The van der Waals surface area contributed by atoms with Crippen molar-refractivity contribution in [2.24, 2.45) is 5.92 Å². The van der Waals surface area contributed by atoms with Crippen LogP contribution in [0, 0.1) is 5.92 Å². The van der Waals surface area contributed by atoms with E-state index in [-0.39, 0.29) is 6.03 Å². The molecule has 2 aromatic rings. The summed E-state index contributed by atoms with van der Waals surface area (Å²) in [4.78, 5) is 14.7. The van der Waals surface area contributed by atoms with Crippen LogP contribution < -0.4 is 5.32 Å². The Morgan fingerprint density at radius 3 is 2.71 bits per heavy atom.